The van der Waals surface area contributed by atoms with Gasteiger partial charge in [-0.2, -0.15) is 0 Å². The molecule has 0 fully saturated rings. The number of rotatable bonds is 17. The zero-order valence-electron chi connectivity index (χ0n) is 17.6. The van der Waals surface area contributed by atoms with E-state index in [4.69, 9.17) is 0 Å². The number of nitrogens with zero attached hydrogens (tertiary/aromatic N) is 2. The molecule has 1 unspecified atom stereocenters. The molecule has 0 aromatic rings. The van der Waals surface area contributed by atoms with Gasteiger partial charge in [-0.3, -0.25) is 4.99 Å². The number of aliphatic imine (C=N–C) groups is 1. The summed E-state index contributed by atoms with van der Waals surface area (Å²) in [5.74, 6) is 1.08. The van der Waals surface area contributed by atoms with E-state index in [1.807, 2.05) is 11.8 Å². The van der Waals surface area contributed by atoms with Gasteiger partial charge in [0.25, 0.3) is 0 Å². The SMILES string of the molecule is CCCCCCCCCCCCCC/C=C/CCC1=NCCN1C(C)O. The predicted molar refractivity (Wildman–Crippen MR) is 115 cm³/mol. The Labute approximate surface area is 163 Å². The molecule has 1 aliphatic heterocycles. The van der Waals surface area contributed by atoms with E-state index in [-0.39, 0.29) is 0 Å². The molecular formula is C23H44N2O. The van der Waals surface area contributed by atoms with Crippen molar-refractivity contribution >= 4 is 5.84 Å². The van der Waals surface area contributed by atoms with Gasteiger partial charge in [0.05, 0.1) is 6.54 Å². The van der Waals surface area contributed by atoms with Crippen LogP contribution in [0.4, 0.5) is 0 Å². The summed E-state index contributed by atoms with van der Waals surface area (Å²) in [6.45, 7) is 5.82. The van der Waals surface area contributed by atoms with Crippen LogP contribution in [0, 0.1) is 0 Å². The van der Waals surface area contributed by atoms with Crippen molar-refractivity contribution in [2.45, 2.75) is 116 Å². The van der Waals surface area contributed by atoms with Gasteiger partial charge >= 0.3 is 0 Å². The maximum absolute atomic E-state index is 9.68. The Morgan fingerprint density at radius 3 is 2.00 bits per heavy atom. The second kappa shape index (κ2) is 16.4. The molecule has 1 atom stereocenters. The van der Waals surface area contributed by atoms with E-state index in [9.17, 15) is 5.11 Å². The highest BCUT2D eigenvalue weighted by Gasteiger charge is 2.19. The van der Waals surface area contributed by atoms with Crippen LogP contribution in [0.2, 0.25) is 0 Å². The van der Waals surface area contributed by atoms with Gasteiger partial charge in [0.2, 0.25) is 0 Å². The molecule has 0 aromatic heterocycles. The van der Waals surface area contributed by atoms with E-state index in [2.05, 4.69) is 24.1 Å². The van der Waals surface area contributed by atoms with E-state index in [1.165, 1.54) is 83.5 Å². The highest BCUT2D eigenvalue weighted by molar-refractivity contribution is 5.84. The van der Waals surface area contributed by atoms with Gasteiger partial charge in [0.15, 0.2) is 0 Å². The largest absolute Gasteiger partial charge is 0.374 e. The smallest absolute Gasteiger partial charge is 0.125 e. The van der Waals surface area contributed by atoms with Crippen molar-refractivity contribution in [1.29, 1.82) is 0 Å². The van der Waals surface area contributed by atoms with E-state index >= 15 is 0 Å². The second-order valence-electron chi connectivity index (χ2n) is 7.81. The van der Waals surface area contributed by atoms with Crippen molar-refractivity contribution < 1.29 is 5.11 Å². The summed E-state index contributed by atoms with van der Waals surface area (Å²) >= 11 is 0. The van der Waals surface area contributed by atoms with E-state index in [0.717, 1.165) is 31.8 Å². The first-order valence-electron chi connectivity index (χ1n) is 11.4. The molecular weight excluding hydrogens is 320 g/mol. The Balaban J connectivity index is 1.82. The fourth-order valence-corrected chi connectivity index (χ4v) is 3.68. The fraction of sp³-hybridized carbons (Fsp3) is 0.870. The Bertz CT molecular complexity index is 376. The Morgan fingerprint density at radius 1 is 0.885 bits per heavy atom. The topological polar surface area (TPSA) is 35.8 Å². The van der Waals surface area contributed by atoms with Gasteiger partial charge in [0, 0.05) is 13.0 Å². The summed E-state index contributed by atoms with van der Waals surface area (Å²) in [5.41, 5.74) is 0. The number of hydrogen-bond acceptors (Lipinski definition) is 3. The molecule has 0 bridgehead atoms. The van der Waals surface area contributed by atoms with Crippen molar-refractivity contribution in [1.82, 2.24) is 4.90 Å². The number of amidine groups is 1. The van der Waals surface area contributed by atoms with Crippen LogP contribution in [0.5, 0.6) is 0 Å². The van der Waals surface area contributed by atoms with Crippen molar-refractivity contribution in [3.63, 3.8) is 0 Å². The minimum Gasteiger partial charge on any atom is -0.374 e. The van der Waals surface area contributed by atoms with Gasteiger partial charge in [-0.05, 0) is 26.2 Å². The number of hydrogen-bond donors (Lipinski definition) is 1. The third kappa shape index (κ3) is 11.7. The molecule has 3 heteroatoms. The summed E-state index contributed by atoms with van der Waals surface area (Å²) in [6.07, 6.45) is 24.4. The average molecular weight is 365 g/mol. The van der Waals surface area contributed by atoms with Crippen LogP contribution < -0.4 is 0 Å². The Kier molecular flexibility index (Phi) is 14.6. The quantitative estimate of drug-likeness (QED) is 0.237. The molecule has 1 N–H and O–H groups in total. The van der Waals surface area contributed by atoms with E-state index < -0.39 is 6.23 Å². The molecule has 1 aliphatic rings. The second-order valence-corrected chi connectivity index (χ2v) is 7.81. The fourth-order valence-electron chi connectivity index (χ4n) is 3.68. The van der Waals surface area contributed by atoms with Crippen LogP contribution >= 0.6 is 0 Å². The van der Waals surface area contributed by atoms with Gasteiger partial charge in [-0.1, -0.05) is 89.7 Å². The average Bonchev–Trinajstić information content (AvgIpc) is 3.10. The summed E-state index contributed by atoms with van der Waals surface area (Å²) in [6, 6.07) is 0. The first kappa shape index (κ1) is 23.2. The van der Waals surface area contributed by atoms with Crippen LogP contribution in [-0.2, 0) is 0 Å². The van der Waals surface area contributed by atoms with Crippen molar-refractivity contribution in [3.05, 3.63) is 12.2 Å². The van der Waals surface area contributed by atoms with Crippen LogP contribution in [0.1, 0.15) is 110 Å². The molecule has 26 heavy (non-hydrogen) atoms. The van der Waals surface area contributed by atoms with Crippen LogP contribution in [-0.4, -0.2) is 35.2 Å². The molecule has 1 heterocycles. The maximum atomic E-state index is 9.68. The van der Waals surface area contributed by atoms with Gasteiger partial charge < -0.3 is 10.0 Å². The molecule has 152 valence electrons. The lowest BCUT2D eigenvalue weighted by Gasteiger charge is -2.23. The lowest BCUT2D eigenvalue weighted by molar-refractivity contribution is 0.0767. The predicted octanol–water partition coefficient (Wildman–Crippen LogP) is 6.47. The minimum atomic E-state index is -0.402. The van der Waals surface area contributed by atoms with Crippen LogP contribution in [0.15, 0.2) is 17.1 Å². The monoisotopic (exact) mass is 364 g/mol. The number of allylic oxidation sites excluding steroid dienone is 2. The number of unbranched alkanes of at least 4 members (excludes halogenated alkanes) is 12. The molecule has 0 radical (unpaired) electrons. The highest BCUT2D eigenvalue weighted by Crippen LogP contribution is 2.13. The maximum Gasteiger partial charge on any atom is 0.125 e. The Hall–Kier alpha value is -0.830. The molecule has 0 aromatic carbocycles. The minimum absolute atomic E-state index is 0.402. The molecule has 0 saturated carbocycles. The first-order chi connectivity index (χ1) is 12.8. The lowest BCUT2D eigenvalue weighted by Crippen LogP contribution is -2.35. The lowest BCUT2D eigenvalue weighted by atomic mass is 10.0. The van der Waals surface area contributed by atoms with Crippen molar-refractivity contribution in [2.75, 3.05) is 13.1 Å². The molecule has 0 spiro atoms. The first-order valence-corrected chi connectivity index (χ1v) is 11.4. The third-order valence-corrected chi connectivity index (χ3v) is 5.34. The molecule has 3 nitrogen and oxygen atoms in total. The van der Waals surface area contributed by atoms with Gasteiger partial charge in [-0.25, -0.2) is 0 Å². The van der Waals surface area contributed by atoms with Crippen LogP contribution in [0.25, 0.3) is 0 Å². The molecule has 0 amide bonds. The van der Waals surface area contributed by atoms with Gasteiger partial charge in [-0.15, -0.1) is 0 Å². The molecule has 1 rings (SSSR count). The standard InChI is InChI=1S/C23H44N2O/c1-3-4-5-6-7-8-9-10-11-12-13-14-15-16-17-18-19-23-24-20-21-25(23)22(2)26/h16-17,22,26H,3-15,18-21H2,1-2H3/b17-16+. The highest BCUT2D eigenvalue weighted by atomic mass is 16.3. The Morgan fingerprint density at radius 2 is 1.42 bits per heavy atom. The normalized spacial score (nSPS) is 15.8. The number of aliphatic hydroxyl groups is 1. The zero-order valence-corrected chi connectivity index (χ0v) is 17.6. The van der Waals surface area contributed by atoms with E-state index in [1.54, 1.807) is 0 Å². The van der Waals surface area contributed by atoms with Crippen molar-refractivity contribution in [2.24, 2.45) is 4.99 Å². The van der Waals surface area contributed by atoms with Gasteiger partial charge in [0.1, 0.15) is 12.1 Å². The summed E-state index contributed by atoms with van der Waals surface area (Å²) in [5, 5.41) is 9.68. The summed E-state index contributed by atoms with van der Waals surface area (Å²) in [7, 11) is 0. The molecule has 0 aliphatic carbocycles. The summed E-state index contributed by atoms with van der Waals surface area (Å²) in [4.78, 5) is 6.51. The molecule has 0 saturated heterocycles. The van der Waals surface area contributed by atoms with Crippen LogP contribution in [0.3, 0.4) is 0 Å². The zero-order chi connectivity index (χ0) is 18.9. The third-order valence-electron chi connectivity index (χ3n) is 5.34. The summed E-state index contributed by atoms with van der Waals surface area (Å²) < 4.78 is 0. The van der Waals surface area contributed by atoms with E-state index in [0.29, 0.717) is 0 Å². The van der Waals surface area contributed by atoms with Crippen molar-refractivity contribution in [3.8, 4) is 0 Å². The number of aliphatic hydroxyl groups excluding tert-OH is 1.